The molecule has 76 valence electrons. The summed E-state index contributed by atoms with van der Waals surface area (Å²) in [4.78, 5) is 0. The van der Waals surface area contributed by atoms with Crippen molar-refractivity contribution >= 4 is 15.9 Å². The van der Waals surface area contributed by atoms with Gasteiger partial charge >= 0.3 is 0 Å². The molecule has 2 aliphatic rings. The average Bonchev–Trinajstić information content (AvgIpc) is 2.73. The van der Waals surface area contributed by atoms with Gasteiger partial charge in [-0.1, -0.05) is 0 Å². The third kappa shape index (κ3) is 1.16. The fourth-order valence-corrected chi connectivity index (χ4v) is 2.44. The van der Waals surface area contributed by atoms with Gasteiger partial charge in [-0.25, -0.2) is 0 Å². The zero-order valence-electron chi connectivity index (χ0n) is 7.65. The second-order valence-electron chi connectivity index (χ2n) is 3.68. The van der Waals surface area contributed by atoms with Crippen LogP contribution in [-0.2, 0) is 9.47 Å². The van der Waals surface area contributed by atoms with Crippen molar-refractivity contribution in [1.29, 1.82) is 0 Å². The molecule has 2 heterocycles. The van der Waals surface area contributed by atoms with E-state index in [1.165, 1.54) is 0 Å². The molecule has 1 atom stereocenters. The van der Waals surface area contributed by atoms with Crippen LogP contribution in [0.3, 0.4) is 0 Å². The van der Waals surface area contributed by atoms with Crippen LogP contribution in [0, 0.1) is 0 Å². The van der Waals surface area contributed by atoms with Crippen molar-refractivity contribution in [2.45, 2.75) is 24.7 Å². The SMILES string of the molecule is Brc1ccn(C2CCC23OCCO3)n1. The Kier molecular flexibility index (Phi) is 1.93. The van der Waals surface area contributed by atoms with Crippen molar-refractivity contribution in [1.82, 2.24) is 9.78 Å². The first-order chi connectivity index (χ1) is 6.80. The quantitative estimate of drug-likeness (QED) is 0.770. The number of nitrogens with zero attached hydrogens (tertiary/aromatic N) is 2. The van der Waals surface area contributed by atoms with E-state index in [0.29, 0.717) is 13.2 Å². The molecule has 3 rings (SSSR count). The Bertz CT molecular complexity index is 346. The first kappa shape index (κ1) is 8.88. The first-order valence-electron chi connectivity index (χ1n) is 4.79. The van der Waals surface area contributed by atoms with E-state index in [0.717, 1.165) is 17.4 Å². The molecule has 0 bridgehead atoms. The summed E-state index contributed by atoms with van der Waals surface area (Å²) in [7, 11) is 0. The van der Waals surface area contributed by atoms with Crippen LogP contribution in [0.2, 0.25) is 0 Å². The number of rotatable bonds is 1. The Morgan fingerprint density at radius 1 is 1.50 bits per heavy atom. The van der Waals surface area contributed by atoms with Crippen LogP contribution >= 0.6 is 15.9 Å². The molecule has 14 heavy (non-hydrogen) atoms. The lowest BCUT2D eigenvalue weighted by Gasteiger charge is -2.44. The Balaban J connectivity index is 1.86. The van der Waals surface area contributed by atoms with Crippen LogP contribution in [0.5, 0.6) is 0 Å². The summed E-state index contributed by atoms with van der Waals surface area (Å²) >= 11 is 3.34. The largest absolute Gasteiger partial charge is 0.345 e. The third-order valence-electron chi connectivity index (χ3n) is 2.95. The molecule has 1 spiro atoms. The molecule has 0 N–H and O–H groups in total. The summed E-state index contributed by atoms with van der Waals surface area (Å²) in [6.07, 6.45) is 4.02. The van der Waals surface area contributed by atoms with Crippen molar-refractivity contribution in [3.8, 4) is 0 Å². The van der Waals surface area contributed by atoms with Crippen LogP contribution in [-0.4, -0.2) is 28.8 Å². The lowest BCUT2D eigenvalue weighted by atomic mass is 9.85. The number of hydrogen-bond donors (Lipinski definition) is 0. The standard InChI is InChI=1S/C9H11BrN2O2/c10-8-2-4-12(11-8)7-1-3-9(7)13-5-6-14-9/h2,4,7H,1,3,5-6H2. The highest BCUT2D eigenvalue weighted by atomic mass is 79.9. The first-order valence-corrected chi connectivity index (χ1v) is 5.58. The van der Waals surface area contributed by atoms with Gasteiger partial charge < -0.3 is 9.47 Å². The zero-order chi connectivity index (χ0) is 9.60. The van der Waals surface area contributed by atoms with Gasteiger partial charge in [-0.2, -0.15) is 5.10 Å². The Morgan fingerprint density at radius 2 is 2.29 bits per heavy atom. The molecule has 1 aromatic heterocycles. The van der Waals surface area contributed by atoms with E-state index in [4.69, 9.17) is 9.47 Å². The van der Waals surface area contributed by atoms with Crippen LogP contribution in [0.4, 0.5) is 0 Å². The summed E-state index contributed by atoms with van der Waals surface area (Å²) in [6.45, 7) is 1.41. The number of ether oxygens (including phenoxy) is 2. The highest BCUT2D eigenvalue weighted by molar-refractivity contribution is 9.10. The minimum absolute atomic E-state index is 0.247. The maximum absolute atomic E-state index is 5.65. The molecule has 4 nitrogen and oxygen atoms in total. The Labute approximate surface area is 90.3 Å². The van der Waals surface area contributed by atoms with Crippen LogP contribution in [0.25, 0.3) is 0 Å². The highest BCUT2D eigenvalue weighted by Crippen LogP contribution is 2.48. The van der Waals surface area contributed by atoms with Crippen molar-refractivity contribution in [2.24, 2.45) is 0 Å². The van der Waals surface area contributed by atoms with Gasteiger partial charge in [-0.15, -0.1) is 0 Å². The smallest absolute Gasteiger partial charge is 0.191 e. The minimum Gasteiger partial charge on any atom is -0.345 e. The predicted molar refractivity (Wildman–Crippen MR) is 52.8 cm³/mol. The lowest BCUT2D eigenvalue weighted by molar-refractivity contribution is -0.242. The topological polar surface area (TPSA) is 36.3 Å². The highest BCUT2D eigenvalue weighted by Gasteiger charge is 2.53. The van der Waals surface area contributed by atoms with E-state index < -0.39 is 0 Å². The summed E-state index contributed by atoms with van der Waals surface area (Å²) in [5, 5.41) is 4.32. The lowest BCUT2D eigenvalue weighted by Crippen LogP contribution is -2.49. The molecule has 0 aromatic carbocycles. The number of aromatic nitrogens is 2. The number of hydrogen-bond acceptors (Lipinski definition) is 3. The van der Waals surface area contributed by atoms with E-state index in [1.807, 2.05) is 16.9 Å². The summed E-state index contributed by atoms with van der Waals surface area (Å²) in [6, 6.07) is 2.18. The molecule has 1 unspecified atom stereocenters. The summed E-state index contributed by atoms with van der Waals surface area (Å²) in [5.41, 5.74) is 0. The van der Waals surface area contributed by atoms with Gasteiger partial charge in [0, 0.05) is 12.6 Å². The fourth-order valence-electron chi connectivity index (χ4n) is 2.14. The van der Waals surface area contributed by atoms with Crippen molar-refractivity contribution < 1.29 is 9.47 Å². The van der Waals surface area contributed by atoms with Gasteiger partial charge in [0.1, 0.15) is 10.6 Å². The Hall–Kier alpha value is -0.390. The fraction of sp³-hybridized carbons (Fsp3) is 0.667. The molecule has 5 heteroatoms. The maximum atomic E-state index is 5.65. The van der Waals surface area contributed by atoms with Gasteiger partial charge in [0.25, 0.3) is 0 Å². The van der Waals surface area contributed by atoms with Crippen LogP contribution < -0.4 is 0 Å². The molecular formula is C9H11BrN2O2. The number of halogens is 1. The van der Waals surface area contributed by atoms with E-state index in [1.54, 1.807) is 0 Å². The Morgan fingerprint density at radius 3 is 2.79 bits per heavy atom. The third-order valence-corrected chi connectivity index (χ3v) is 3.37. The van der Waals surface area contributed by atoms with Crippen molar-refractivity contribution in [2.75, 3.05) is 13.2 Å². The second kappa shape index (κ2) is 3.05. The molecule has 1 aromatic rings. The second-order valence-corrected chi connectivity index (χ2v) is 4.49. The van der Waals surface area contributed by atoms with Gasteiger partial charge in [-0.3, -0.25) is 4.68 Å². The monoisotopic (exact) mass is 258 g/mol. The summed E-state index contributed by atoms with van der Waals surface area (Å²) < 4.78 is 14.1. The molecule has 1 aliphatic carbocycles. The van der Waals surface area contributed by atoms with Gasteiger partial charge in [-0.05, 0) is 28.4 Å². The molecule has 0 amide bonds. The van der Waals surface area contributed by atoms with Crippen LogP contribution in [0.1, 0.15) is 18.9 Å². The van der Waals surface area contributed by atoms with Gasteiger partial charge in [0.15, 0.2) is 5.79 Å². The molecule has 1 saturated heterocycles. The molecule has 2 fully saturated rings. The minimum atomic E-state index is -0.370. The molecule has 0 radical (unpaired) electrons. The van der Waals surface area contributed by atoms with Gasteiger partial charge in [0.05, 0.1) is 13.2 Å². The van der Waals surface area contributed by atoms with E-state index in [9.17, 15) is 0 Å². The molecule has 1 saturated carbocycles. The van der Waals surface area contributed by atoms with Gasteiger partial charge in [0.2, 0.25) is 0 Å². The molecular weight excluding hydrogens is 248 g/mol. The van der Waals surface area contributed by atoms with E-state index >= 15 is 0 Å². The van der Waals surface area contributed by atoms with Crippen LogP contribution in [0.15, 0.2) is 16.9 Å². The molecule has 1 aliphatic heterocycles. The van der Waals surface area contributed by atoms with E-state index in [2.05, 4.69) is 21.0 Å². The predicted octanol–water partition coefficient (Wildman–Crippen LogP) is 1.72. The zero-order valence-corrected chi connectivity index (χ0v) is 9.24. The van der Waals surface area contributed by atoms with Crippen molar-refractivity contribution in [3.05, 3.63) is 16.9 Å². The van der Waals surface area contributed by atoms with E-state index in [-0.39, 0.29) is 11.8 Å². The average molecular weight is 259 g/mol. The summed E-state index contributed by atoms with van der Waals surface area (Å²) in [5.74, 6) is -0.370. The van der Waals surface area contributed by atoms with Crippen molar-refractivity contribution in [3.63, 3.8) is 0 Å². The normalized spacial score (nSPS) is 29.4. The maximum Gasteiger partial charge on any atom is 0.191 e.